The number of nitrogens with one attached hydrogen (secondary N) is 3. The summed E-state index contributed by atoms with van der Waals surface area (Å²) in [4.78, 5) is 49.1. The SMILES string of the molecule is CNC(=O)Nc1ccc(NC(=O)CCCN2C(=O)c3ccccc3C2=O)cc1. The normalized spacial score (nSPS) is 12.5. The highest BCUT2D eigenvalue weighted by Gasteiger charge is 2.34. The maximum absolute atomic E-state index is 12.3. The van der Waals surface area contributed by atoms with Crippen LogP contribution < -0.4 is 16.0 Å². The van der Waals surface area contributed by atoms with E-state index in [2.05, 4.69) is 16.0 Å². The molecule has 28 heavy (non-hydrogen) atoms. The van der Waals surface area contributed by atoms with Crippen LogP contribution in [0.25, 0.3) is 0 Å². The Balaban J connectivity index is 1.47. The van der Waals surface area contributed by atoms with Crippen molar-refractivity contribution in [2.75, 3.05) is 24.2 Å². The van der Waals surface area contributed by atoms with E-state index < -0.39 is 0 Å². The van der Waals surface area contributed by atoms with Crippen LogP contribution >= 0.6 is 0 Å². The Morgan fingerprint density at radius 2 is 1.39 bits per heavy atom. The third kappa shape index (κ3) is 4.17. The number of imide groups is 1. The van der Waals surface area contributed by atoms with E-state index in [1.807, 2.05) is 0 Å². The minimum atomic E-state index is -0.329. The van der Waals surface area contributed by atoms with Crippen LogP contribution in [0.4, 0.5) is 16.2 Å². The first-order valence-electron chi connectivity index (χ1n) is 8.83. The van der Waals surface area contributed by atoms with Crippen LogP contribution in [0.1, 0.15) is 33.6 Å². The van der Waals surface area contributed by atoms with Gasteiger partial charge in [-0.2, -0.15) is 0 Å². The molecule has 0 radical (unpaired) electrons. The molecule has 8 nitrogen and oxygen atoms in total. The molecule has 5 amide bonds. The van der Waals surface area contributed by atoms with E-state index in [4.69, 9.17) is 0 Å². The Bertz CT molecular complexity index is 889. The number of amides is 5. The summed E-state index contributed by atoms with van der Waals surface area (Å²) in [7, 11) is 1.52. The Labute approximate surface area is 161 Å². The third-order valence-corrected chi connectivity index (χ3v) is 4.32. The van der Waals surface area contributed by atoms with Crippen molar-refractivity contribution in [3.63, 3.8) is 0 Å². The van der Waals surface area contributed by atoms with Crippen LogP contribution in [0.3, 0.4) is 0 Å². The molecule has 0 saturated carbocycles. The van der Waals surface area contributed by atoms with Gasteiger partial charge in [0.15, 0.2) is 0 Å². The Hall–Kier alpha value is -3.68. The number of hydrogen-bond acceptors (Lipinski definition) is 4. The Kier molecular flexibility index (Phi) is 5.69. The summed E-state index contributed by atoms with van der Waals surface area (Å²) in [6, 6.07) is 13.1. The molecule has 2 aromatic carbocycles. The molecule has 0 saturated heterocycles. The zero-order valence-electron chi connectivity index (χ0n) is 15.3. The van der Waals surface area contributed by atoms with Gasteiger partial charge in [0.25, 0.3) is 11.8 Å². The van der Waals surface area contributed by atoms with Gasteiger partial charge in [0.1, 0.15) is 0 Å². The van der Waals surface area contributed by atoms with E-state index in [1.165, 1.54) is 11.9 Å². The molecule has 1 aliphatic rings. The van der Waals surface area contributed by atoms with Crippen molar-refractivity contribution in [2.45, 2.75) is 12.8 Å². The highest BCUT2D eigenvalue weighted by Crippen LogP contribution is 2.22. The molecule has 0 fully saturated rings. The van der Waals surface area contributed by atoms with Crippen molar-refractivity contribution in [3.8, 4) is 0 Å². The predicted octanol–water partition coefficient (Wildman–Crippen LogP) is 2.45. The molecule has 8 heteroatoms. The molecular weight excluding hydrogens is 360 g/mol. The van der Waals surface area contributed by atoms with Crippen LogP contribution in [0.2, 0.25) is 0 Å². The highest BCUT2D eigenvalue weighted by molar-refractivity contribution is 6.21. The van der Waals surface area contributed by atoms with Crippen LogP contribution in [0.5, 0.6) is 0 Å². The molecule has 1 aliphatic heterocycles. The van der Waals surface area contributed by atoms with Gasteiger partial charge in [0.05, 0.1) is 11.1 Å². The van der Waals surface area contributed by atoms with Crippen molar-refractivity contribution in [1.82, 2.24) is 10.2 Å². The molecule has 0 unspecified atom stereocenters. The molecule has 0 atom stereocenters. The standard InChI is InChI=1S/C20H20N4O4/c1-21-20(28)23-14-10-8-13(9-11-14)22-17(25)7-4-12-24-18(26)15-5-2-3-6-16(15)19(24)27/h2-3,5-6,8-11H,4,7,12H2,1H3,(H,22,25)(H2,21,23,28). The lowest BCUT2D eigenvalue weighted by Gasteiger charge is -2.13. The Morgan fingerprint density at radius 3 is 1.93 bits per heavy atom. The summed E-state index contributed by atoms with van der Waals surface area (Å²) in [5.41, 5.74) is 2.00. The number of rotatable bonds is 6. The molecule has 0 bridgehead atoms. The second-order valence-corrected chi connectivity index (χ2v) is 6.24. The zero-order valence-corrected chi connectivity index (χ0v) is 15.3. The average Bonchev–Trinajstić information content (AvgIpc) is 2.94. The minimum Gasteiger partial charge on any atom is -0.341 e. The van der Waals surface area contributed by atoms with Gasteiger partial charge in [0, 0.05) is 31.4 Å². The maximum Gasteiger partial charge on any atom is 0.318 e. The van der Waals surface area contributed by atoms with E-state index in [-0.39, 0.29) is 36.7 Å². The predicted molar refractivity (Wildman–Crippen MR) is 104 cm³/mol. The number of hydrogen-bond donors (Lipinski definition) is 3. The molecule has 1 heterocycles. The van der Waals surface area contributed by atoms with Gasteiger partial charge in [-0.25, -0.2) is 4.79 Å². The molecule has 0 aliphatic carbocycles. The van der Waals surface area contributed by atoms with Gasteiger partial charge >= 0.3 is 6.03 Å². The van der Waals surface area contributed by atoms with E-state index >= 15 is 0 Å². The van der Waals surface area contributed by atoms with Crippen molar-refractivity contribution >= 4 is 35.1 Å². The molecular formula is C20H20N4O4. The summed E-state index contributed by atoms with van der Waals surface area (Å²) in [5.74, 6) is -0.857. The fourth-order valence-corrected chi connectivity index (χ4v) is 2.89. The molecule has 0 aromatic heterocycles. The first-order chi connectivity index (χ1) is 13.5. The van der Waals surface area contributed by atoms with Gasteiger partial charge < -0.3 is 16.0 Å². The van der Waals surface area contributed by atoms with E-state index in [0.717, 1.165) is 0 Å². The van der Waals surface area contributed by atoms with Crippen molar-refractivity contribution < 1.29 is 19.2 Å². The number of carbonyl (C=O) groups is 4. The topological polar surface area (TPSA) is 108 Å². The second-order valence-electron chi connectivity index (χ2n) is 6.24. The lowest BCUT2D eigenvalue weighted by Crippen LogP contribution is -2.31. The molecule has 3 N–H and O–H groups in total. The highest BCUT2D eigenvalue weighted by atomic mass is 16.2. The van der Waals surface area contributed by atoms with Crippen molar-refractivity contribution in [2.24, 2.45) is 0 Å². The monoisotopic (exact) mass is 380 g/mol. The van der Waals surface area contributed by atoms with E-state index in [9.17, 15) is 19.2 Å². The van der Waals surface area contributed by atoms with Crippen LogP contribution in [0.15, 0.2) is 48.5 Å². The van der Waals surface area contributed by atoms with E-state index in [1.54, 1.807) is 48.5 Å². The zero-order chi connectivity index (χ0) is 20.1. The number of urea groups is 1. The third-order valence-electron chi connectivity index (χ3n) is 4.32. The van der Waals surface area contributed by atoms with Crippen LogP contribution in [0, 0.1) is 0 Å². The van der Waals surface area contributed by atoms with E-state index in [0.29, 0.717) is 28.9 Å². The molecule has 144 valence electrons. The number of fused-ring (bicyclic) bond motifs is 1. The number of benzene rings is 2. The number of nitrogens with zero attached hydrogens (tertiary/aromatic N) is 1. The molecule has 0 spiro atoms. The van der Waals surface area contributed by atoms with Gasteiger partial charge in [-0.15, -0.1) is 0 Å². The fourth-order valence-electron chi connectivity index (χ4n) is 2.89. The fraction of sp³-hybridized carbons (Fsp3) is 0.200. The van der Waals surface area contributed by atoms with Crippen molar-refractivity contribution in [3.05, 3.63) is 59.7 Å². The smallest absolute Gasteiger partial charge is 0.318 e. The number of carbonyl (C=O) groups excluding carboxylic acids is 4. The largest absolute Gasteiger partial charge is 0.341 e. The number of anilines is 2. The summed E-state index contributed by atoms with van der Waals surface area (Å²) in [6.07, 6.45) is 0.541. The average molecular weight is 380 g/mol. The van der Waals surface area contributed by atoms with Gasteiger partial charge in [0.2, 0.25) is 5.91 Å². The lowest BCUT2D eigenvalue weighted by molar-refractivity contribution is -0.116. The van der Waals surface area contributed by atoms with Crippen LogP contribution in [-0.4, -0.2) is 42.2 Å². The summed E-state index contributed by atoms with van der Waals surface area (Å²) in [5, 5.41) is 7.81. The molecule has 2 aromatic rings. The van der Waals surface area contributed by atoms with Gasteiger partial charge in [-0.1, -0.05) is 12.1 Å². The summed E-state index contributed by atoms with van der Waals surface area (Å²) >= 11 is 0. The summed E-state index contributed by atoms with van der Waals surface area (Å²) < 4.78 is 0. The van der Waals surface area contributed by atoms with Crippen molar-refractivity contribution in [1.29, 1.82) is 0 Å². The Morgan fingerprint density at radius 1 is 0.857 bits per heavy atom. The van der Waals surface area contributed by atoms with Gasteiger partial charge in [-0.3, -0.25) is 19.3 Å². The summed E-state index contributed by atoms with van der Waals surface area (Å²) in [6.45, 7) is 0.189. The quantitative estimate of drug-likeness (QED) is 0.669. The van der Waals surface area contributed by atoms with Gasteiger partial charge in [-0.05, 0) is 42.8 Å². The minimum absolute atomic E-state index is 0.172. The first kappa shape index (κ1) is 19.1. The first-order valence-corrected chi connectivity index (χ1v) is 8.83. The lowest BCUT2D eigenvalue weighted by atomic mass is 10.1. The second kappa shape index (κ2) is 8.34. The van der Waals surface area contributed by atoms with Crippen LogP contribution in [-0.2, 0) is 4.79 Å². The maximum atomic E-state index is 12.3. The molecule has 3 rings (SSSR count).